The summed E-state index contributed by atoms with van der Waals surface area (Å²) in [6, 6.07) is 5.24. The van der Waals surface area contributed by atoms with Crippen molar-refractivity contribution in [1.29, 1.82) is 0 Å². The quantitative estimate of drug-likeness (QED) is 0.744. The van der Waals surface area contributed by atoms with Crippen LogP contribution in [-0.2, 0) is 10.0 Å². The van der Waals surface area contributed by atoms with Crippen LogP contribution < -0.4 is 16.2 Å². The largest absolute Gasteiger partial charge is 0.398 e. The molecule has 1 aromatic carbocycles. The number of primary sulfonamides is 1. The molecule has 0 amide bonds. The van der Waals surface area contributed by atoms with Crippen LogP contribution in [0.1, 0.15) is 33.1 Å². The molecule has 1 aliphatic rings. The zero-order valence-corrected chi connectivity index (χ0v) is 12.8. The van der Waals surface area contributed by atoms with Crippen molar-refractivity contribution in [1.82, 2.24) is 0 Å². The molecule has 0 aliphatic heterocycles. The molecule has 6 heteroatoms. The molecule has 2 rings (SSSR count). The van der Waals surface area contributed by atoms with E-state index in [9.17, 15) is 8.42 Å². The Labute approximate surface area is 120 Å². The number of nitrogen functional groups attached to an aromatic ring is 1. The summed E-state index contributed by atoms with van der Waals surface area (Å²) >= 11 is 0. The molecule has 2 atom stereocenters. The summed E-state index contributed by atoms with van der Waals surface area (Å²) in [7, 11) is -3.75. The first kappa shape index (κ1) is 15.1. The number of hydrogen-bond acceptors (Lipinski definition) is 4. The minimum atomic E-state index is -3.75. The first-order valence-electron chi connectivity index (χ1n) is 6.94. The number of anilines is 2. The van der Waals surface area contributed by atoms with Crippen molar-refractivity contribution in [3.63, 3.8) is 0 Å². The van der Waals surface area contributed by atoms with Gasteiger partial charge in [0.05, 0.1) is 5.69 Å². The summed E-state index contributed by atoms with van der Waals surface area (Å²) in [6.07, 6.45) is 3.52. The molecule has 20 heavy (non-hydrogen) atoms. The molecule has 0 saturated heterocycles. The van der Waals surface area contributed by atoms with E-state index >= 15 is 0 Å². The van der Waals surface area contributed by atoms with Gasteiger partial charge in [0.2, 0.25) is 10.0 Å². The van der Waals surface area contributed by atoms with E-state index in [1.165, 1.54) is 12.5 Å². The maximum atomic E-state index is 11.3. The fraction of sp³-hybridized carbons (Fsp3) is 0.571. The normalized spacial score (nSPS) is 27.2. The molecule has 0 bridgehead atoms. The van der Waals surface area contributed by atoms with E-state index in [0.29, 0.717) is 17.9 Å². The monoisotopic (exact) mass is 297 g/mol. The van der Waals surface area contributed by atoms with Gasteiger partial charge in [0, 0.05) is 11.7 Å². The van der Waals surface area contributed by atoms with E-state index in [2.05, 4.69) is 19.2 Å². The van der Waals surface area contributed by atoms with Crippen LogP contribution >= 0.6 is 0 Å². The molecule has 5 N–H and O–H groups in total. The predicted octanol–water partition coefficient (Wildman–Crippen LogP) is 2.15. The first-order valence-corrected chi connectivity index (χ1v) is 8.49. The Morgan fingerprint density at radius 1 is 1.15 bits per heavy atom. The van der Waals surface area contributed by atoms with E-state index in [-0.39, 0.29) is 10.6 Å². The van der Waals surface area contributed by atoms with E-state index in [1.54, 1.807) is 12.1 Å². The third-order valence-electron chi connectivity index (χ3n) is 3.87. The second-order valence-electron chi connectivity index (χ2n) is 6.06. The Morgan fingerprint density at radius 3 is 2.25 bits per heavy atom. The Hall–Kier alpha value is -1.27. The summed E-state index contributed by atoms with van der Waals surface area (Å²) in [5, 5.41) is 8.55. The Morgan fingerprint density at radius 2 is 1.75 bits per heavy atom. The van der Waals surface area contributed by atoms with E-state index < -0.39 is 10.0 Å². The zero-order chi connectivity index (χ0) is 14.9. The van der Waals surface area contributed by atoms with Crippen molar-refractivity contribution in [3.05, 3.63) is 18.2 Å². The van der Waals surface area contributed by atoms with Gasteiger partial charge in [0.25, 0.3) is 0 Å². The first-order chi connectivity index (χ1) is 9.25. The van der Waals surface area contributed by atoms with Crippen LogP contribution in [0.2, 0.25) is 0 Å². The molecule has 5 nitrogen and oxygen atoms in total. The van der Waals surface area contributed by atoms with Crippen molar-refractivity contribution in [2.45, 2.75) is 44.0 Å². The van der Waals surface area contributed by atoms with Gasteiger partial charge < -0.3 is 11.1 Å². The third-order valence-corrected chi connectivity index (χ3v) is 4.85. The van der Waals surface area contributed by atoms with Crippen LogP contribution in [0.4, 0.5) is 11.4 Å². The van der Waals surface area contributed by atoms with Gasteiger partial charge in [-0.2, -0.15) is 0 Å². The number of hydrogen-bond donors (Lipinski definition) is 3. The predicted molar refractivity (Wildman–Crippen MR) is 81.8 cm³/mol. The molecule has 112 valence electrons. The average molecular weight is 297 g/mol. The van der Waals surface area contributed by atoms with Crippen molar-refractivity contribution in [2.75, 3.05) is 11.1 Å². The maximum absolute atomic E-state index is 11.3. The topological polar surface area (TPSA) is 98.2 Å². The molecule has 0 heterocycles. The molecule has 1 saturated carbocycles. The Kier molecular flexibility index (Phi) is 4.25. The zero-order valence-electron chi connectivity index (χ0n) is 12.0. The van der Waals surface area contributed by atoms with Crippen molar-refractivity contribution in [3.8, 4) is 0 Å². The number of nitrogens with two attached hydrogens (primary N) is 2. The fourth-order valence-corrected chi connectivity index (χ4v) is 3.84. The highest BCUT2D eigenvalue weighted by atomic mass is 32.2. The average Bonchev–Trinajstić information content (AvgIpc) is 2.25. The van der Waals surface area contributed by atoms with Gasteiger partial charge in [0.15, 0.2) is 0 Å². The molecule has 1 aliphatic carbocycles. The summed E-state index contributed by atoms with van der Waals surface area (Å²) < 4.78 is 22.6. The molecular formula is C14H23N3O2S. The summed E-state index contributed by atoms with van der Waals surface area (Å²) in [5.74, 6) is 1.41. The van der Waals surface area contributed by atoms with Gasteiger partial charge in [0.1, 0.15) is 4.90 Å². The molecule has 1 fully saturated rings. The fourth-order valence-electron chi connectivity index (χ4n) is 3.20. The summed E-state index contributed by atoms with van der Waals surface area (Å²) in [6.45, 7) is 4.53. The minimum Gasteiger partial charge on any atom is -0.398 e. The lowest BCUT2D eigenvalue weighted by atomic mass is 9.80. The summed E-state index contributed by atoms with van der Waals surface area (Å²) in [4.78, 5) is -0.0200. The van der Waals surface area contributed by atoms with Gasteiger partial charge in [-0.25, -0.2) is 13.6 Å². The Balaban J connectivity index is 2.13. The number of benzene rings is 1. The molecule has 0 spiro atoms. The lowest BCUT2D eigenvalue weighted by Gasteiger charge is -2.32. The number of sulfonamides is 1. The molecule has 2 unspecified atom stereocenters. The van der Waals surface area contributed by atoms with Crippen LogP contribution in [0.15, 0.2) is 23.1 Å². The van der Waals surface area contributed by atoms with E-state index in [0.717, 1.165) is 18.5 Å². The smallest absolute Gasteiger partial charge is 0.240 e. The van der Waals surface area contributed by atoms with Crippen LogP contribution in [0.25, 0.3) is 0 Å². The maximum Gasteiger partial charge on any atom is 0.240 e. The number of rotatable bonds is 3. The second-order valence-corrected chi connectivity index (χ2v) is 7.59. The van der Waals surface area contributed by atoms with Crippen LogP contribution in [-0.4, -0.2) is 14.5 Å². The standard InChI is InChI=1S/C14H23N3O2S/c1-9-5-10(2)7-12(6-9)17-11-3-4-14(13(15)8-11)20(16,18)19/h3-4,8-10,12,17H,5-7,15H2,1-2H3,(H2,16,18,19). The van der Waals surface area contributed by atoms with Crippen molar-refractivity contribution in [2.24, 2.45) is 17.0 Å². The highest BCUT2D eigenvalue weighted by Gasteiger charge is 2.24. The van der Waals surface area contributed by atoms with Gasteiger partial charge in [-0.05, 0) is 49.3 Å². The lowest BCUT2D eigenvalue weighted by molar-refractivity contribution is 0.281. The highest BCUT2D eigenvalue weighted by Crippen LogP contribution is 2.31. The Bertz CT molecular complexity index is 576. The summed E-state index contributed by atoms with van der Waals surface area (Å²) in [5.41, 5.74) is 6.81. The van der Waals surface area contributed by atoms with E-state index in [4.69, 9.17) is 10.9 Å². The lowest BCUT2D eigenvalue weighted by Crippen LogP contribution is -2.30. The van der Waals surface area contributed by atoms with Crippen molar-refractivity contribution >= 4 is 21.4 Å². The minimum absolute atomic E-state index is 0.0200. The molecule has 1 aromatic rings. The molecule has 0 aromatic heterocycles. The third kappa shape index (κ3) is 3.64. The number of nitrogens with one attached hydrogen (secondary N) is 1. The molecule has 0 radical (unpaired) electrons. The van der Waals surface area contributed by atoms with Crippen LogP contribution in [0.3, 0.4) is 0 Å². The SMILES string of the molecule is CC1CC(C)CC(Nc2ccc(S(N)(=O)=O)c(N)c2)C1. The van der Waals surface area contributed by atoms with E-state index in [1.807, 2.05) is 0 Å². The van der Waals surface area contributed by atoms with Crippen LogP contribution in [0, 0.1) is 11.8 Å². The van der Waals surface area contributed by atoms with Crippen LogP contribution in [0.5, 0.6) is 0 Å². The van der Waals surface area contributed by atoms with Crippen molar-refractivity contribution < 1.29 is 8.42 Å². The molecular weight excluding hydrogens is 274 g/mol. The van der Waals surface area contributed by atoms with Gasteiger partial charge >= 0.3 is 0 Å². The second kappa shape index (κ2) is 5.61. The van der Waals surface area contributed by atoms with Gasteiger partial charge in [-0.1, -0.05) is 13.8 Å². The highest BCUT2D eigenvalue weighted by molar-refractivity contribution is 7.89. The van der Waals surface area contributed by atoms with Gasteiger partial charge in [-0.3, -0.25) is 0 Å². The van der Waals surface area contributed by atoms with Gasteiger partial charge in [-0.15, -0.1) is 0 Å².